The monoisotopic (exact) mass is 433 g/mol. The Morgan fingerprint density at radius 3 is 2.74 bits per heavy atom. The van der Waals surface area contributed by atoms with Gasteiger partial charge in [0.2, 0.25) is 0 Å². The van der Waals surface area contributed by atoms with E-state index < -0.39 is 0 Å². The van der Waals surface area contributed by atoms with Gasteiger partial charge in [-0.1, -0.05) is 23.7 Å². The van der Waals surface area contributed by atoms with Crippen molar-refractivity contribution >= 4 is 40.0 Å². The zero-order valence-electron chi connectivity index (χ0n) is 16.6. The summed E-state index contributed by atoms with van der Waals surface area (Å²) in [6.07, 6.45) is 3.05. The number of benzene rings is 1. The lowest BCUT2D eigenvalue weighted by Crippen LogP contribution is -2.51. The van der Waals surface area contributed by atoms with E-state index in [0.717, 1.165) is 22.4 Å². The van der Waals surface area contributed by atoms with Crippen LogP contribution in [0.3, 0.4) is 0 Å². The van der Waals surface area contributed by atoms with Crippen LogP contribution < -0.4 is 10.2 Å². The van der Waals surface area contributed by atoms with Crippen molar-refractivity contribution in [2.75, 3.05) is 23.3 Å². The minimum absolute atomic E-state index is 0.242. The van der Waals surface area contributed by atoms with Crippen LogP contribution in [0, 0.1) is 0 Å². The van der Waals surface area contributed by atoms with Gasteiger partial charge in [0.25, 0.3) is 5.91 Å². The molecule has 0 atom stereocenters. The van der Waals surface area contributed by atoms with Crippen LogP contribution in [0.2, 0.25) is 5.02 Å². The molecule has 1 amide bonds. The number of rotatable bonds is 5. The van der Waals surface area contributed by atoms with Gasteiger partial charge in [-0.05, 0) is 48.0 Å². The number of carbonyl (C=O) groups is 1. The third-order valence-electron chi connectivity index (χ3n) is 5.31. The first kappa shape index (κ1) is 19.5. The van der Waals surface area contributed by atoms with Gasteiger partial charge < -0.3 is 19.9 Å². The van der Waals surface area contributed by atoms with Crippen molar-refractivity contribution in [3.05, 3.63) is 83.3 Å². The quantitative estimate of drug-likeness (QED) is 0.502. The number of nitrogens with zero attached hydrogens (tertiary/aromatic N) is 4. The molecule has 1 aliphatic heterocycles. The van der Waals surface area contributed by atoms with Crippen LogP contribution in [-0.4, -0.2) is 44.7 Å². The Kier molecular flexibility index (Phi) is 5.05. The van der Waals surface area contributed by atoms with E-state index in [1.165, 1.54) is 0 Å². The van der Waals surface area contributed by atoms with Crippen molar-refractivity contribution in [3.63, 3.8) is 0 Å². The molecule has 4 aromatic rings. The molecule has 0 radical (unpaired) electrons. The average Bonchev–Trinajstić information content (AvgIpc) is 3.11. The van der Waals surface area contributed by atoms with Gasteiger partial charge in [-0.25, -0.2) is 9.97 Å². The van der Waals surface area contributed by atoms with Crippen LogP contribution in [0.4, 0.5) is 11.5 Å². The van der Waals surface area contributed by atoms with Crippen molar-refractivity contribution < 1.29 is 9.90 Å². The van der Waals surface area contributed by atoms with Crippen molar-refractivity contribution in [2.24, 2.45) is 0 Å². The molecule has 31 heavy (non-hydrogen) atoms. The van der Waals surface area contributed by atoms with Crippen LogP contribution in [0.1, 0.15) is 16.1 Å². The van der Waals surface area contributed by atoms with Crippen LogP contribution in [0.25, 0.3) is 11.0 Å². The minimum Gasteiger partial charge on any atom is -0.389 e. The van der Waals surface area contributed by atoms with E-state index in [2.05, 4.69) is 15.3 Å². The number of β-amino-alcohol motifs (C(OH)–C–C–N with tert-alkyl or cyclic N) is 1. The molecule has 156 valence electrons. The molecule has 8 heteroatoms. The number of amides is 1. The minimum atomic E-state index is -0.295. The summed E-state index contributed by atoms with van der Waals surface area (Å²) in [5.41, 5.74) is 2.82. The second-order valence-corrected chi connectivity index (χ2v) is 8.02. The van der Waals surface area contributed by atoms with E-state index in [1.807, 2.05) is 64.1 Å². The molecule has 1 aromatic carbocycles. The Morgan fingerprint density at radius 1 is 1.13 bits per heavy atom. The first-order valence-corrected chi connectivity index (χ1v) is 10.3. The normalized spacial score (nSPS) is 13.9. The van der Waals surface area contributed by atoms with Gasteiger partial charge in [-0.15, -0.1) is 0 Å². The Morgan fingerprint density at radius 2 is 2.00 bits per heavy atom. The maximum Gasteiger partial charge on any atom is 0.272 e. The fourth-order valence-corrected chi connectivity index (χ4v) is 3.95. The lowest BCUT2D eigenvalue weighted by atomic mass is 10.2. The number of aliphatic hydroxyl groups excluding tert-OH is 1. The van der Waals surface area contributed by atoms with Gasteiger partial charge in [-0.3, -0.25) is 4.79 Å². The fourth-order valence-electron chi connectivity index (χ4n) is 3.74. The van der Waals surface area contributed by atoms with Gasteiger partial charge in [0.15, 0.2) is 0 Å². The number of halogens is 1. The standard InChI is InChI=1S/C23H20ClN5O2/c24-17-5-1-3-15(9-17)12-29-20(10-16-4-2-8-25-22(16)29)23(31)27-18-6-7-21(26-11-18)28-13-19(30)14-28/h1-11,19,30H,12-14H2,(H,27,31). The van der Waals surface area contributed by atoms with Crippen LogP contribution in [-0.2, 0) is 6.54 Å². The van der Waals surface area contributed by atoms with Crippen LogP contribution in [0.15, 0.2) is 67.0 Å². The molecule has 0 bridgehead atoms. The third-order valence-corrected chi connectivity index (χ3v) is 5.55. The highest BCUT2D eigenvalue weighted by atomic mass is 35.5. The highest BCUT2D eigenvalue weighted by Crippen LogP contribution is 2.23. The van der Waals surface area contributed by atoms with Crippen LogP contribution in [0.5, 0.6) is 0 Å². The molecule has 7 nitrogen and oxygen atoms in total. The first-order chi connectivity index (χ1) is 15.1. The zero-order chi connectivity index (χ0) is 21.4. The Hall–Kier alpha value is -3.42. The number of pyridine rings is 2. The molecule has 3 aromatic heterocycles. The largest absolute Gasteiger partial charge is 0.389 e. The molecule has 1 fully saturated rings. The number of hydrogen-bond acceptors (Lipinski definition) is 5. The summed E-state index contributed by atoms with van der Waals surface area (Å²) in [4.78, 5) is 24.0. The van der Waals surface area contributed by atoms with Crippen LogP contribution >= 0.6 is 11.6 Å². The summed E-state index contributed by atoms with van der Waals surface area (Å²) in [6, 6.07) is 16.8. The van der Waals surface area contributed by atoms with Crippen molar-refractivity contribution in [1.82, 2.24) is 14.5 Å². The fraction of sp³-hybridized carbons (Fsp3) is 0.174. The highest BCUT2D eigenvalue weighted by molar-refractivity contribution is 6.30. The number of aromatic nitrogens is 3. The number of carbonyl (C=O) groups excluding carboxylic acids is 1. The maximum atomic E-state index is 13.1. The SMILES string of the molecule is O=C(Nc1ccc(N2CC(O)C2)nc1)c1cc2cccnc2n1Cc1cccc(Cl)c1. The Bertz CT molecular complexity index is 1250. The summed E-state index contributed by atoms with van der Waals surface area (Å²) < 4.78 is 1.89. The molecule has 4 heterocycles. The van der Waals surface area contributed by atoms with Gasteiger partial charge in [0.1, 0.15) is 17.2 Å². The Balaban J connectivity index is 1.41. The number of fused-ring (bicyclic) bond motifs is 1. The number of anilines is 2. The summed E-state index contributed by atoms with van der Waals surface area (Å²) in [7, 11) is 0. The molecular formula is C23H20ClN5O2. The highest BCUT2D eigenvalue weighted by Gasteiger charge is 2.25. The summed E-state index contributed by atoms with van der Waals surface area (Å²) >= 11 is 6.14. The molecule has 2 N–H and O–H groups in total. The van der Waals surface area contributed by atoms with E-state index in [1.54, 1.807) is 12.4 Å². The van der Waals surface area contributed by atoms with Crippen molar-refractivity contribution in [1.29, 1.82) is 0 Å². The summed E-state index contributed by atoms with van der Waals surface area (Å²) in [5.74, 6) is 0.538. The average molecular weight is 434 g/mol. The van der Waals surface area contributed by atoms with Gasteiger partial charge in [-0.2, -0.15) is 0 Å². The van der Waals surface area contributed by atoms with E-state index >= 15 is 0 Å². The molecule has 5 rings (SSSR count). The number of nitrogens with one attached hydrogen (secondary N) is 1. The Labute approximate surface area is 183 Å². The summed E-state index contributed by atoms with van der Waals surface area (Å²) in [5, 5.41) is 13.9. The lowest BCUT2D eigenvalue weighted by molar-refractivity contribution is 0.101. The van der Waals surface area contributed by atoms with E-state index in [9.17, 15) is 9.90 Å². The second-order valence-electron chi connectivity index (χ2n) is 7.58. The molecule has 0 aliphatic carbocycles. The van der Waals surface area contributed by atoms with Crippen molar-refractivity contribution in [2.45, 2.75) is 12.6 Å². The zero-order valence-corrected chi connectivity index (χ0v) is 17.3. The predicted molar refractivity (Wildman–Crippen MR) is 121 cm³/mol. The smallest absolute Gasteiger partial charge is 0.272 e. The van der Waals surface area contributed by atoms with E-state index in [0.29, 0.717) is 36.0 Å². The van der Waals surface area contributed by atoms with Crippen molar-refractivity contribution in [3.8, 4) is 0 Å². The van der Waals surface area contributed by atoms with Gasteiger partial charge in [0, 0.05) is 36.2 Å². The third kappa shape index (κ3) is 3.97. The number of aliphatic hydroxyl groups is 1. The van der Waals surface area contributed by atoms with Gasteiger partial charge in [0.05, 0.1) is 18.0 Å². The molecule has 1 saturated heterocycles. The molecular weight excluding hydrogens is 414 g/mol. The predicted octanol–water partition coefficient (Wildman–Crippen LogP) is 3.57. The molecule has 0 unspecified atom stereocenters. The maximum absolute atomic E-state index is 13.1. The first-order valence-electron chi connectivity index (χ1n) is 9.96. The topological polar surface area (TPSA) is 83.3 Å². The van der Waals surface area contributed by atoms with E-state index in [-0.39, 0.29) is 12.0 Å². The lowest BCUT2D eigenvalue weighted by Gasteiger charge is -2.36. The molecule has 1 aliphatic rings. The van der Waals surface area contributed by atoms with Gasteiger partial charge >= 0.3 is 0 Å². The molecule has 0 spiro atoms. The number of hydrogen-bond donors (Lipinski definition) is 2. The summed E-state index contributed by atoms with van der Waals surface area (Å²) in [6.45, 7) is 1.63. The second kappa shape index (κ2) is 8.02. The molecule has 0 saturated carbocycles. The van der Waals surface area contributed by atoms with E-state index in [4.69, 9.17) is 11.6 Å².